The fourth-order valence-corrected chi connectivity index (χ4v) is 2.30. The van der Waals surface area contributed by atoms with Gasteiger partial charge in [0.2, 0.25) is 0 Å². The molecule has 1 amide bonds. The summed E-state index contributed by atoms with van der Waals surface area (Å²) in [7, 11) is 0. The van der Waals surface area contributed by atoms with Crippen molar-refractivity contribution in [3.63, 3.8) is 0 Å². The van der Waals surface area contributed by atoms with Crippen LogP contribution in [-0.4, -0.2) is 52.5 Å². The number of carboxylic acids is 1. The van der Waals surface area contributed by atoms with Crippen LogP contribution in [0.15, 0.2) is 0 Å². The van der Waals surface area contributed by atoms with Crippen molar-refractivity contribution in [2.45, 2.75) is 63.8 Å². The SMILES string of the molecule is CC(C)(C)OC(=O)N1CCC(OC2(C(=O)O)CC2)CC1. The predicted octanol–water partition coefficient (Wildman–Crippen LogP) is 2.02. The Balaban J connectivity index is 1.78. The third kappa shape index (κ3) is 3.62. The lowest BCUT2D eigenvalue weighted by atomic mass is 10.1. The maximum atomic E-state index is 11.9. The summed E-state index contributed by atoms with van der Waals surface area (Å²) in [6.45, 7) is 6.62. The zero-order valence-corrected chi connectivity index (χ0v) is 12.3. The molecule has 1 N–H and O–H groups in total. The fraction of sp³-hybridized carbons (Fsp3) is 0.857. The van der Waals surface area contributed by atoms with Crippen molar-refractivity contribution in [3.8, 4) is 0 Å². The standard InChI is InChI=1S/C14H23NO5/c1-13(2,3)20-12(18)15-8-4-10(5-9-15)19-14(6-7-14)11(16)17/h10H,4-9H2,1-3H3,(H,16,17). The van der Waals surface area contributed by atoms with Gasteiger partial charge in [0, 0.05) is 13.1 Å². The Morgan fingerprint density at radius 2 is 1.75 bits per heavy atom. The summed E-state index contributed by atoms with van der Waals surface area (Å²) in [5.74, 6) is -0.868. The topological polar surface area (TPSA) is 76.1 Å². The van der Waals surface area contributed by atoms with Crippen LogP contribution in [0, 0.1) is 0 Å². The van der Waals surface area contributed by atoms with Gasteiger partial charge in [-0.3, -0.25) is 0 Å². The van der Waals surface area contributed by atoms with Crippen LogP contribution in [0.2, 0.25) is 0 Å². The van der Waals surface area contributed by atoms with E-state index in [1.54, 1.807) is 4.90 Å². The van der Waals surface area contributed by atoms with Crippen molar-refractivity contribution < 1.29 is 24.2 Å². The van der Waals surface area contributed by atoms with Crippen molar-refractivity contribution in [1.29, 1.82) is 0 Å². The Morgan fingerprint density at radius 1 is 1.20 bits per heavy atom. The molecule has 1 aliphatic carbocycles. The number of piperidine rings is 1. The monoisotopic (exact) mass is 285 g/mol. The molecule has 0 bridgehead atoms. The van der Waals surface area contributed by atoms with E-state index < -0.39 is 17.2 Å². The van der Waals surface area contributed by atoms with E-state index in [2.05, 4.69) is 0 Å². The van der Waals surface area contributed by atoms with Crippen molar-refractivity contribution in [3.05, 3.63) is 0 Å². The Hall–Kier alpha value is -1.30. The zero-order valence-electron chi connectivity index (χ0n) is 12.3. The second-order valence-corrected chi connectivity index (χ2v) is 6.58. The minimum atomic E-state index is -0.946. The molecule has 0 aromatic rings. The maximum Gasteiger partial charge on any atom is 0.410 e. The van der Waals surface area contributed by atoms with Crippen molar-refractivity contribution in [2.24, 2.45) is 0 Å². The molecule has 2 aliphatic rings. The fourth-order valence-electron chi connectivity index (χ4n) is 2.30. The predicted molar refractivity (Wildman–Crippen MR) is 71.5 cm³/mol. The maximum absolute atomic E-state index is 11.9. The van der Waals surface area contributed by atoms with E-state index in [0.29, 0.717) is 38.8 Å². The summed E-state index contributed by atoms with van der Waals surface area (Å²) in [6, 6.07) is 0. The van der Waals surface area contributed by atoms with E-state index >= 15 is 0 Å². The number of hydrogen-bond acceptors (Lipinski definition) is 4. The average Bonchev–Trinajstić information content (AvgIpc) is 3.08. The van der Waals surface area contributed by atoms with Gasteiger partial charge in [-0.25, -0.2) is 9.59 Å². The van der Waals surface area contributed by atoms with E-state index in [4.69, 9.17) is 14.6 Å². The lowest BCUT2D eigenvalue weighted by Crippen LogP contribution is -2.45. The first-order valence-corrected chi connectivity index (χ1v) is 7.11. The summed E-state index contributed by atoms with van der Waals surface area (Å²) in [4.78, 5) is 24.6. The molecule has 0 radical (unpaired) electrons. The van der Waals surface area contributed by atoms with Crippen LogP contribution < -0.4 is 0 Å². The van der Waals surface area contributed by atoms with Gasteiger partial charge in [-0.1, -0.05) is 0 Å². The van der Waals surface area contributed by atoms with Gasteiger partial charge >= 0.3 is 12.1 Å². The number of rotatable bonds is 3. The second-order valence-electron chi connectivity index (χ2n) is 6.58. The van der Waals surface area contributed by atoms with Gasteiger partial charge in [-0.05, 0) is 46.5 Å². The van der Waals surface area contributed by atoms with Crippen LogP contribution in [0.1, 0.15) is 46.5 Å². The van der Waals surface area contributed by atoms with Crippen LogP contribution in [0.5, 0.6) is 0 Å². The number of amides is 1. The molecule has 2 fully saturated rings. The lowest BCUT2D eigenvalue weighted by molar-refractivity contribution is -0.160. The molecule has 1 heterocycles. The summed E-state index contributed by atoms with van der Waals surface area (Å²) in [5, 5.41) is 9.09. The summed E-state index contributed by atoms with van der Waals surface area (Å²) < 4.78 is 11.0. The Labute approximate surface area is 119 Å². The molecule has 20 heavy (non-hydrogen) atoms. The summed E-state index contributed by atoms with van der Waals surface area (Å²) in [6.07, 6.45) is 2.12. The first kappa shape index (κ1) is 15.1. The van der Waals surface area contributed by atoms with Gasteiger partial charge in [-0.2, -0.15) is 0 Å². The highest BCUT2D eigenvalue weighted by atomic mass is 16.6. The summed E-state index contributed by atoms with van der Waals surface area (Å²) >= 11 is 0. The van der Waals surface area contributed by atoms with Gasteiger partial charge in [0.1, 0.15) is 5.60 Å². The van der Waals surface area contributed by atoms with E-state index in [-0.39, 0.29) is 12.2 Å². The molecule has 0 atom stereocenters. The average molecular weight is 285 g/mol. The zero-order chi connectivity index (χ0) is 15.0. The third-order valence-electron chi connectivity index (χ3n) is 3.58. The minimum absolute atomic E-state index is 0.0766. The number of likely N-dealkylation sites (tertiary alicyclic amines) is 1. The smallest absolute Gasteiger partial charge is 0.410 e. The highest BCUT2D eigenvalue weighted by Gasteiger charge is 2.53. The number of aliphatic carboxylic acids is 1. The molecule has 0 unspecified atom stereocenters. The van der Waals surface area contributed by atoms with Gasteiger partial charge in [-0.15, -0.1) is 0 Å². The molecule has 0 aromatic heterocycles. The molecule has 6 heteroatoms. The van der Waals surface area contributed by atoms with Gasteiger partial charge in [0.15, 0.2) is 5.60 Å². The largest absolute Gasteiger partial charge is 0.479 e. The van der Waals surface area contributed by atoms with Gasteiger partial charge in [0.05, 0.1) is 6.10 Å². The third-order valence-corrected chi connectivity index (χ3v) is 3.58. The van der Waals surface area contributed by atoms with Gasteiger partial charge < -0.3 is 19.5 Å². The molecule has 0 spiro atoms. The van der Waals surface area contributed by atoms with Crippen molar-refractivity contribution in [2.75, 3.05) is 13.1 Å². The molecule has 1 saturated carbocycles. The highest BCUT2D eigenvalue weighted by Crippen LogP contribution is 2.42. The molecule has 6 nitrogen and oxygen atoms in total. The summed E-state index contributed by atoms with van der Waals surface area (Å²) in [5.41, 5.74) is -1.44. The van der Waals surface area contributed by atoms with E-state index in [1.807, 2.05) is 20.8 Å². The number of carbonyl (C=O) groups excluding carboxylic acids is 1. The van der Waals surface area contributed by atoms with Crippen LogP contribution in [0.4, 0.5) is 4.79 Å². The lowest BCUT2D eigenvalue weighted by Gasteiger charge is -2.34. The molecular formula is C14H23NO5. The first-order valence-electron chi connectivity index (χ1n) is 7.11. The normalized spacial score (nSPS) is 22.4. The first-order chi connectivity index (χ1) is 9.22. The number of carboxylic acid groups (broad SMARTS) is 1. The van der Waals surface area contributed by atoms with Gasteiger partial charge in [0.25, 0.3) is 0 Å². The molecule has 114 valence electrons. The number of ether oxygens (including phenoxy) is 2. The molecule has 2 rings (SSSR count). The highest BCUT2D eigenvalue weighted by molar-refractivity contribution is 5.80. The molecular weight excluding hydrogens is 262 g/mol. The van der Waals surface area contributed by atoms with E-state index in [0.717, 1.165) is 0 Å². The minimum Gasteiger partial charge on any atom is -0.479 e. The van der Waals surface area contributed by atoms with E-state index in [9.17, 15) is 9.59 Å². The Bertz CT molecular complexity index is 389. The van der Waals surface area contributed by atoms with Crippen LogP contribution in [0.25, 0.3) is 0 Å². The second kappa shape index (κ2) is 5.24. The molecule has 1 saturated heterocycles. The van der Waals surface area contributed by atoms with Crippen molar-refractivity contribution in [1.82, 2.24) is 4.90 Å². The molecule has 0 aromatic carbocycles. The quantitative estimate of drug-likeness (QED) is 0.858. The van der Waals surface area contributed by atoms with Crippen LogP contribution >= 0.6 is 0 Å². The Kier molecular flexibility index (Phi) is 3.95. The van der Waals surface area contributed by atoms with Crippen molar-refractivity contribution >= 4 is 12.1 Å². The molecule has 1 aliphatic heterocycles. The van der Waals surface area contributed by atoms with E-state index in [1.165, 1.54) is 0 Å². The van der Waals surface area contributed by atoms with Crippen LogP contribution in [0.3, 0.4) is 0 Å². The Morgan fingerprint density at radius 3 is 2.15 bits per heavy atom. The number of carbonyl (C=O) groups is 2. The number of hydrogen-bond donors (Lipinski definition) is 1. The van der Waals surface area contributed by atoms with Crippen LogP contribution in [-0.2, 0) is 14.3 Å². The number of nitrogens with zero attached hydrogens (tertiary/aromatic N) is 1.